The van der Waals surface area contributed by atoms with Gasteiger partial charge in [-0.05, 0) is 96.3 Å². The van der Waals surface area contributed by atoms with E-state index in [9.17, 15) is 14.4 Å². The average molecular weight is 873 g/mol. The summed E-state index contributed by atoms with van der Waals surface area (Å²) in [7, 11) is 0. The fourth-order valence-electron chi connectivity index (χ4n) is 6.52. The van der Waals surface area contributed by atoms with Crippen LogP contribution in [-0.2, 0) is 28.6 Å². The van der Waals surface area contributed by atoms with E-state index in [1.807, 2.05) is 24.3 Å². The fourth-order valence-corrected chi connectivity index (χ4v) is 6.52. The molecule has 6 heteroatoms. The summed E-state index contributed by atoms with van der Waals surface area (Å²) in [5.41, 5.74) is 0. The lowest BCUT2D eigenvalue weighted by Gasteiger charge is -2.18. The molecule has 0 N–H and O–H groups in total. The molecular formula is C57H92O6. The van der Waals surface area contributed by atoms with Crippen molar-refractivity contribution in [2.75, 3.05) is 13.2 Å². The standard InChI is InChI=1S/C57H92O6/c1-4-7-10-13-16-19-22-25-26-27-28-29-30-33-35-38-41-44-47-50-56(59)62-53-54(63-57(60)51-48-45-42-39-36-32-24-21-18-15-12-9-6-3)52-61-55(58)49-46-43-40-37-34-31-23-20-17-14-11-8-5-2/h8-9,11-12,17-18,20-21,25-26,31-32,34,36,40,42-43,45,54H,4-7,10,13-16,19,22-24,27-30,33,35,37-39,41,44,46-53H2,1-3H3/b11-8-,12-9-,20-17-,21-18-,26-25-,34-31-,36-32-,43-40-,45-42-. The molecule has 63 heavy (non-hydrogen) atoms. The summed E-state index contributed by atoms with van der Waals surface area (Å²) in [5, 5.41) is 0. The third-order valence-corrected chi connectivity index (χ3v) is 10.3. The summed E-state index contributed by atoms with van der Waals surface area (Å²) in [6.07, 6.45) is 68.2. The van der Waals surface area contributed by atoms with Gasteiger partial charge in [0.2, 0.25) is 0 Å². The zero-order chi connectivity index (χ0) is 45.8. The minimum absolute atomic E-state index is 0.131. The van der Waals surface area contributed by atoms with Crippen molar-refractivity contribution in [3.05, 3.63) is 109 Å². The van der Waals surface area contributed by atoms with Crippen LogP contribution >= 0.6 is 0 Å². The molecule has 0 aromatic carbocycles. The van der Waals surface area contributed by atoms with Crippen LogP contribution in [-0.4, -0.2) is 37.2 Å². The summed E-state index contributed by atoms with van der Waals surface area (Å²) in [4.78, 5) is 37.8. The number of carbonyl (C=O) groups excluding carboxylic acids is 3. The Morgan fingerprint density at radius 3 is 1.06 bits per heavy atom. The predicted molar refractivity (Wildman–Crippen MR) is 270 cm³/mol. The van der Waals surface area contributed by atoms with Crippen molar-refractivity contribution < 1.29 is 28.6 Å². The van der Waals surface area contributed by atoms with Crippen LogP contribution in [0.25, 0.3) is 0 Å². The van der Waals surface area contributed by atoms with Gasteiger partial charge in [0.25, 0.3) is 0 Å². The summed E-state index contributed by atoms with van der Waals surface area (Å²) in [5.74, 6) is -1.11. The van der Waals surface area contributed by atoms with Crippen LogP contribution in [0.4, 0.5) is 0 Å². The van der Waals surface area contributed by atoms with Gasteiger partial charge >= 0.3 is 17.9 Å². The number of rotatable bonds is 44. The van der Waals surface area contributed by atoms with Crippen molar-refractivity contribution >= 4 is 17.9 Å². The Hall–Kier alpha value is -3.93. The van der Waals surface area contributed by atoms with Crippen molar-refractivity contribution in [3.8, 4) is 0 Å². The van der Waals surface area contributed by atoms with Gasteiger partial charge in [-0.1, -0.05) is 207 Å². The van der Waals surface area contributed by atoms with Crippen molar-refractivity contribution in [1.29, 1.82) is 0 Å². The highest BCUT2D eigenvalue weighted by molar-refractivity contribution is 5.71. The van der Waals surface area contributed by atoms with Crippen LogP contribution in [0.15, 0.2) is 109 Å². The molecule has 0 aliphatic rings. The Kier molecular flexibility index (Phi) is 47.5. The molecule has 0 radical (unpaired) electrons. The zero-order valence-corrected chi connectivity index (χ0v) is 40.5. The van der Waals surface area contributed by atoms with Gasteiger partial charge in [-0.25, -0.2) is 0 Å². The predicted octanol–water partition coefficient (Wildman–Crippen LogP) is 16.8. The van der Waals surface area contributed by atoms with E-state index in [0.717, 1.165) is 70.6 Å². The van der Waals surface area contributed by atoms with Gasteiger partial charge in [-0.2, -0.15) is 0 Å². The highest BCUT2D eigenvalue weighted by Crippen LogP contribution is 2.13. The second-order valence-corrected chi connectivity index (χ2v) is 16.3. The lowest BCUT2D eigenvalue weighted by Crippen LogP contribution is -2.30. The minimum Gasteiger partial charge on any atom is -0.462 e. The summed E-state index contributed by atoms with van der Waals surface area (Å²) in [6.45, 7) is 6.26. The van der Waals surface area contributed by atoms with E-state index in [2.05, 4.69) is 106 Å². The van der Waals surface area contributed by atoms with E-state index in [0.29, 0.717) is 19.3 Å². The third-order valence-electron chi connectivity index (χ3n) is 10.3. The highest BCUT2D eigenvalue weighted by atomic mass is 16.6. The second kappa shape index (κ2) is 50.7. The number of unbranched alkanes of at least 4 members (excludes halogenated alkanes) is 15. The normalized spacial score (nSPS) is 13.0. The maximum absolute atomic E-state index is 12.7. The van der Waals surface area contributed by atoms with Gasteiger partial charge < -0.3 is 14.2 Å². The molecule has 0 heterocycles. The van der Waals surface area contributed by atoms with Gasteiger partial charge in [0.15, 0.2) is 6.10 Å². The summed E-state index contributed by atoms with van der Waals surface area (Å²) < 4.78 is 16.6. The first kappa shape index (κ1) is 59.1. The van der Waals surface area contributed by atoms with Gasteiger partial charge in [0, 0.05) is 19.3 Å². The lowest BCUT2D eigenvalue weighted by molar-refractivity contribution is -0.166. The molecule has 0 aromatic rings. The molecule has 1 atom stereocenters. The van der Waals surface area contributed by atoms with Gasteiger partial charge in [0.05, 0.1) is 0 Å². The average Bonchev–Trinajstić information content (AvgIpc) is 3.28. The quantitative estimate of drug-likeness (QED) is 0.0263. The van der Waals surface area contributed by atoms with Gasteiger partial charge in [0.1, 0.15) is 13.2 Å². The Bertz CT molecular complexity index is 1330. The molecule has 1 unspecified atom stereocenters. The molecule has 0 fully saturated rings. The van der Waals surface area contributed by atoms with Gasteiger partial charge in [-0.3, -0.25) is 14.4 Å². The third kappa shape index (κ3) is 49.0. The first-order valence-corrected chi connectivity index (χ1v) is 25.4. The zero-order valence-electron chi connectivity index (χ0n) is 40.5. The molecule has 0 aliphatic carbocycles. The number of carbonyl (C=O) groups is 3. The number of esters is 3. The van der Waals surface area contributed by atoms with Crippen LogP contribution in [0.1, 0.15) is 213 Å². The van der Waals surface area contributed by atoms with Gasteiger partial charge in [-0.15, -0.1) is 0 Å². The van der Waals surface area contributed by atoms with E-state index in [-0.39, 0.29) is 38.0 Å². The van der Waals surface area contributed by atoms with Crippen molar-refractivity contribution in [3.63, 3.8) is 0 Å². The molecular weight excluding hydrogens is 781 g/mol. The highest BCUT2D eigenvalue weighted by Gasteiger charge is 2.19. The monoisotopic (exact) mass is 873 g/mol. The first-order chi connectivity index (χ1) is 31.0. The number of ether oxygens (including phenoxy) is 3. The maximum Gasteiger partial charge on any atom is 0.306 e. The molecule has 0 aliphatic heterocycles. The largest absolute Gasteiger partial charge is 0.462 e. The smallest absolute Gasteiger partial charge is 0.306 e. The number of hydrogen-bond acceptors (Lipinski definition) is 6. The molecule has 356 valence electrons. The molecule has 0 rings (SSSR count). The van der Waals surface area contributed by atoms with E-state index in [4.69, 9.17) is 14.2 Å². The molecule has 6 nitrogen and oxygen atoms in total. The number of allylic oxidation sites excluding steroid dienone is 18. The fraction of sp³-hybridized carbons (Fsp3) is 0.632. The molecule has 0 saturated heterocycles. The molecule has 0 aromatic heterocycles. The van der Waals surface area contributed by atoms with E-state index in [1.54, 1.807) is 0 Å². The first-order valence-electron chi connectivity index (χ1n) is 25.4. The van der Waals surface area contributed by atoms with Crippen LogP contribution in [0, 0.1) is 0 Å². The Labute approximate surface area is 387 Å². The molecule has 0 amide bonds. The lowest BCUT2D eigenvalue weighted by atomic mass is 10.1. The summed E-state index contributed by atoms with van der Waals surface area (Å²) >= 11 is 0. The Balaban J connectivity index is 4.50. The van der Waals surface area contributed by atoms with E-state index >= 15 is 0 Å². The summed E-state index contributed by atoms with van der Waals surface area (Å²) in [6, 6.07) is 0. The van der Waals surface area contributed by atoms with Crippen LogP contribution in [0.5, 0.6) is 0 Å². The molecule has 0 bridgehead atoms. The second-order valence-electron chi connectivity index (χ2n) is 16.3. The van der Waals surface area contributed by atoms with E-state index < -0.39 is 12.1 Å². The van der Waals surface area contributed by atoms with Crippen LogP contribution in [0.2, 0.25) is 0 Å². The number of hydrogen-bond donors (Lipinski definition) is 0. The SMILES string of the molecule is CC/C=C\C/C=C\C/C=C\C/C=C\CCC(=O)OCC(COC(=O)CCCCCCCCCCC/C=C\CCCCCCCC)OC(=O)CC/C=C\C/C=C\C/C=C\C/C=C\CC. The van der Waals surface area contributed by atoms with Crippen LogP contribution in [0.3, 0.4) is 0 Å². The van der Waals surface area contributed by atoms with Crippen molar-refractivity contribution in [2.45, 2.75) is 219 Å². The molecule has 0 spiro atoms. The maximum atomic E-state index is 12.7. The van der Waals surface area contributed by atoms with Crippen molar-refractivity contribution in [2.24, 2.45) is 0 Å². The van der Waals surface area contributed by atoms with Crippen molar-refractivity contribution in [1.82, 2.24) is 0 Å². The topological polar surface area (TPSA) is 78.9 Å². The Morgan fingerprint density at radius 1 is 0.333 bits per heavy atom. The Morgan fingerprint density at radius 2 is 0.651 bits per heavy atom. The van der Waals surface area contributed by atoms with Crippen LogP contribution < -0.4 is 0 Å². The molecule has 0 saturated carbocycles. The minimum atomic E-state index is -0.846. The van der Waals surface area contributed by atoms with E-state index in [1.165, 1.54) is 89.9 Å².